The smallest absolute Gasteiger partial charge is 0.224 e. The average molecular weight is 595 g/mol. The number of nitrogens with one attached hydrogen (secondary N) is 4. The number of rotatable bonds is 16. The van der Waals surface area contributed by atoms with Crippen LogP contribution in [0.4, 0.5) is 23.5 Å². The van der Waals surface area contributed by atoms with Crippen molar-refractivity contribution in [1.82, 2.24) is 29.9 Å². The highest BCUT2D eigenvalue weighted by atomic mass is 15.2. The molecule has 0 aromatic carbocycles. The fraction of sp³-hybridized carbons (Fsp3) is 0.471. The Morgan fingerprint density at radius 1 is 0.477 bits per heavy atom. The van der Waals surface area contributed by atoms with E-state index >= 15 is 0 Å². The molecule has 1 aliphatic carbocycles. The van der Waals surface area contributed by atoms with Crippen molar-refractivity contribution in [2.24, 2.45) is 0 Å². The minimum atomic E-state index is 0.00576. The quantitative estimate of drug-likeness (QED) is 0.110. The van der Waals surface area contributed by atoms with E-state index in [0.717, 1.165) is 86.3 Å². The van der Waals surface area contributed by atoms with E-state index in [1.165, 1.54) is 0 Å². The highest BCUT2D eigenvalue weighted by Gasteiger charge is 2.55. The lowest BCUT2D eigenvalue weighted by Crippen LogP contribution is -2.42. The summed E-state index contributed by atoms with van der Waals surface area (Å²) in [7, 11) is 0. The van der Waals surface area contributed by atoms with Gasteiger partial charge in [-0.05, 0) is 49.9 Å². The Kier molecular flexibility index (Phi) is 10.9. The second-order valence-electron chi connectivity index (χ2n) is 11.3. The van der Waals surface area contributed by atoms with E-state index in [1.54, 1.807) is 0 Å². The molecule has 4 heterocycles. The van der Waals surface area contributed by atoms with Crippen molar-refractivity contribution in [2.45, 2.75) is 77.0 Å². The Balaban J connectivity index is 1.67. The summed E-state index contributed by atoms with van der Waals surface area (Å²) in [5.41, 5.74) is 3.98. The molecule has 4 N–H and O–H groups in total. The van der Waals surface area contributed by atoms with E-state index in [2.05, 4.69) is 85.4 Å². The zero-order chi connectivity index (χ0) is 30.7. The van der Waals surface area contributed by atoms with Crippen LogP contribution in [0, 0.1) is 0 Å². The summed E-state index contributed by atoms with van der Waals surface area (Å²) in [4.78, 5) is 29.6. The summed E-state index contributed by atoms with van der Waals surface area (Å²) in [6.45, 7) is 11.9. The van der Waals surface area contributed by atoms with Gasteiger partial charge in [0.2, 0.25) is 11.9 Å². The molecule has 10 heteroatoms. The van der Waals surface area contributed by atoms with Crippen LogP contribution in [0.2, 0.25) is 0 Å². The van der Waals surface area contributed by atoms with Gasteiger partial charge in [0.15, 0.2) is 0 Å². The molecule has 5 rings (SSSR count). The maximum Gasteiger partial charge on any atom is 0.224 e. The topological polar surface area (TPSA) is 125 Å². The van der Waals surface area contributed by atoms with Crippen LogP contribution in [0.3, 0.4) is 0 Å². The van der Waals surface area contributed by atoms with Gasteiger partial charge in [-0.2, -0.15) is 9.97 Å². The van der Waals surface area contributed by atoms with E-state index < -0.39 is 0 Å². The van der Waals surface area contributed by atoms with Crippen LogP contribution >= 0.6 is 0 Å². The SMILES string of the molecule is CCCNc1cc(C2C(c3ccccn3)C(c3cc(NCCC)nc(NCCC)n3)C2c2ccccn2)nc(NCCC)n1. The van der Waals surface area contributed by atoms with Crippen LogP contribution in [-0.2, 0) is 0 Å². The first-order valence-electron chi connectivity index (χ1n) is 16.2. The van der Waals surface area contributed by atoms with Crippen molar-refractivity contribution in [3.8, 4) is 0 Å². The molecule has 1 aliphatic rings. The summed E-state index contributed by atoms with van der Waals surface area (Å²) < 4.78 is 0. The van der Waals surface area contributed by atoms with Crippen LogP contribution < -0.4 is 21.3 Å². The first-order chi connectivity index (χ1) is 21.7. The maximum atomic E-state index is 5.12. The number of pyridine rings is 2. The van der Waals surface area contributed by atoms with Gasteiger partial charge in [-0.25, -0.2) is 9.97 Å². The minimum Gasteiger partial charge on any atom is -0.370 e. The molecule has 0 atom stereocenters. The Labute approximate surface area is 261 Å². The first-order valence-corrected chi connectivity index (χ1v) is 16.2. The molecule has 0 bridgehead atoms. The lowest BCUT2D eigenvalue weighted by molar-refractivity contribution is 0.212. The molecular weight excluding hydrogens is 548 g/mol. The molecular formula is C34H46N10. The third kappa shape index (κ3) is 7.23. The van der Waals surface area contributed by atoms with Gasteiger partial charge in [-0.15, -0.1) is 0 Å². The van der Waals surface area contributed by atoms with Crippen molar-refractivity contribution in [2.75, 3.05) is 47.4 Å². The molecule has 1 saturated carbocycles. The summed E-state index contributed by atoms with van der Waals surface area (Å²) in [6.07, 6.45) is 7.74. The second-order valence-corrected chi connectivity index (χ2v) is 11.3. The molecule has 1 fully saturated rings. The van der Waals surface area contributed by atoms with Gasteiger partial charge in [0, 0.05) is 85.8 Å². The van der Waals surface area contributed by atoms with Gasteiger partial charge in [0.1, 0.15) is 11.6 Å². The molecule has 0 radical (unpaired) electrons. The van der Waals surface area contributed by atoms with E-state index in [1.807, 2.05) is 24.5 Å². The van der Waals surface area contributed by atoms with Gasteiger partial charge >= 0.3 is 0 Å². The van der Waals surface area contributed by atoms with Gasteiger partial charge in [-0.1, -0.05) is 39.8 Å². The Morgan fingerprint density at radius 2 is 0.864 bits per heavy atom. The third-order valence-corrected chi connectivity index (χ3v) is 7.96. The first kappa shape index (κ1) is 31.1. The van der Waals surface area contributed by atoms with E-state index in [9.17, 15) is 0 Å². The van der Waals surface area contributed by atoms with Gasteiger partial charge in [-0.3, -0.25) is 9.97 Å². The predicted molar refractivity (Wildman–Crippen MR) is 179 cm³/mol. The van der Waals surface area contributed by atoms with Crippen molar-refractivity contribution < 1.29 is 0 Å². The van der Waals surface area contributed by atoms with Crippen molar-refractivity contribution in [3.63, 3.8) is 0 Å². The zero-order valence-corrected chi connectivity index (χ0v) is 26.4. The van der Waals surface area contributed by atoms with Crippen LogP contribution in [0.5, 0.6) is 0 Å². The fourth-order valence-corrected chi connectivity index (χ4v) is 5.96. The van der Waals surface area contributed by atoms with Crippen LogP contribution in [0.1, 0.15) is 99.8 Å². The van der Waals surface area contributed by atoms with Crippen molar-refractivity contribution in [1.29, 1.82) is 0 Å². The summed E-state index contributed by atoms with van der Waals surface area (Å²) in [6, 6.07) is 16.5. The molecule has 232 valence electrons. The summed E-state index contributed by atoms with van der Waals surface area (Å²) in [5, 5.41) is 13.9. The van der Waals surface area contributed by atoms with Gasteiger partial charge in [0.25, 0.3) is 0 Å². The number of nitrogens with zero attached hydrogens (tertiary/aromatic N) is 6. The number of anilines is 4. The molecule has 0 unspecified atom stereocenters. The minimum absolute atomic E-state index is 0.00576. The highest BCUT2D eigenvalue weighted by Crippen LogP contribution is 2.65. The molecule has 0 amide bonds. The average Bonchev–Trinajstić information content (AvgIpc) is 3.05. The fourth-order valence-electron chi connectivity index (χ4n) is 5.96. The molecule has 4 aromatic rings. The van der Waals surface area contributed by atoms with Crippen LogP contribution in [0.15, 0.2) is 60.9 Å². The Hall–Kier alpha value is -4.34. The maximum absolute atomic E-state index is 5.12. The van der Waals surface area contributed by atoms with E-state index in [0.29, 0.717) is 11.9 Å². The monoisotopic (exact) mass is 594 g/mol. The Morgan fingerprint density at radius 3 is 1.23 bits per heavy atom. The molecule has 0 aliphatic heterocycles. The lowest BCUT2D eigenvalue weighted by Gasteiger charge is -2.51. The standard InChI is InChI=1S/C34H46N10/c1-5-15-37-27-21-25(41-33(43-27)39-17-7-3)31-29(23-13-9-11-19-35-23)32(30(31)24-14-10-12-20-36-24)26-22-28(38-16-6-2)44-34(42-26)40-18-8-4/h9-14,19-22,29-32H,5-8,15-18H2,1-4H3,(H2,37,39,41,43)(H2,38,40,42,44). The molecule has 0 saturated heterocycles. The third-order valence-electron chi connectivity index (χ3n) is 7.96. The number of hydrogen-bond donors (Lipinski definition) is 4. The second kappa shape index (κ2) is 15.4. The zero-order valence-electron chi connectivity index (χ0n) is 26.4. The summed E-state index contributed by atoms with van der Waals surface area (Å²) >= 11 is 0. The number of aromatic nitrogens is 6. The molecule has 4 aromatic heterocycles. The van der Waals surface area contributed by atoms with Crippen LogP contribution in [-0.4, -0.2) is 56.1 Å². The number of hydrogen-bond acceptors (Lipinski definition) is 10. The molecule has 0 spiro atoms. The van der Waals surface area contributed by atoms with Crippen molar-refractivity contribution in [3.05, 3.63) is 83.7 Å². The van der Waals surface area contributed by atoms with E-state index in [-0.39, 0.29) is 23.7 Å². The van der Waals surface area contributed by atoms with Crippen LogP contribution in [0.25, 0.3) is 0 Å². The van der Waals surface area contributed by atoms with E-state index in [4.69, 9.17) is 29.9 Å². The van der Waals surface area contributed by atoms with Gasteiger partial charge in [0.05, 0.1) is 11.4 Å². The largest absolute Gasteiger partial charge is 0.370 e. The van der Waals surface area contributed by atoms with Crippen molar-refractivity contribution >= 4 is 23.5 Å². The highest BCUT2D eigenvalue weighted by molar-refractivity contribution is 5.51. The molecule has 44 heavy (non-hydrogen) atoms. The molecule has 10 nitrogen and oxygen atoms in total. The lowest BCUT2D eigenvalue weighted by atomic mass is 9.52. The predicted octanol–water partition coefficient (Wildman–Crippen LogP) is 6.79. The normalized spacial score (nSPS) is 19.2. The Bertz CT molecular complexity index is 1280. The summed E-state index contributed by atoms with van der Waals surface area (Å²) in [5.74, 6) is 3.00. The van der Waals surface area contributed by atoms with Gasteiger partial charge < -0.3 is 21.3 Å².